The number of anilines is 1. The van der Waals surface area contributed by atoms with Gasteiger partial charge in [0.15, 0.2) is 0 Å². The van der Waals surface area contributed by atoms with Crippen LogP contribution in [0.5, 0.6) is 0 Å². The molecule has 9 nitrogen and oxygen atoms in total. The third-order valence-electron chi connectivity index (χ3n) is 3.47. The van der Waals surface area contributed by atoms with Crippen LogP contribution in [0.2, 0.25) is 0 Å². The van der Waals surface area contributed by atoms with Crippen molar-refractivity contribution in [1.82, 2.24) is 4.72 Å². The fourth-order valence-electron chi connectivity index (χ4n) is 2.07. The topological polar surface area (TPSA) is 128 Å². The van der Waals surface area contributed by atoms with E-state index >= 15 is 0 Å². The molecule has 27 heavy (non-hydrogen) atoms. The van der Waals surface area contributed by atoms with Gasteiger partial charge in [0.1, 0.15) is 24.7 Å². The van der Waals surface area contributed by atoms with Crippen LogP contribution in [0.1, 0.15) is 5.56 Å². The van der Waals surface area contributed by atoms with E-state index in [1.165, 1.54) is 43.4 Å². The van der Waals surface area contributed by atoms with Crippen LogP contribution in [-0.4, -0.2) is 32.9 Å². The molecule has 0 spiro atoms. The molecule has 0 aliphatic rings. The highest BCUT2D eigenvalue weighted by Crippen LogP contribution is 2.26. The van der Waals surface area contributed by atoms with Crippen molar-refractivity contribution in [2.45, 2.75) is 11.5 Å². The number of carbonyl (C=O) groups is 1. The van der Waals surface area contributed by atoms with Crippen LogP contribution < -0.4 is 10.0 Å². The second kappa shape index (κ2) is 8.56. The molecule has 0 amide bonds. The van der Waals surface area contributed by atoms with Gasteiger partial charge in [-0.15, -0.1) is 0 Å². The average molecular weight is 397 g/mol. The Balaban J connectivity index is 1.99. The van der Waals surface area contributed by atoms with E-state index < -0.39 is 39.0 Å². The van der Waals surface area contributed by atoms with Crippen molar-refractivity contribution in [1.29, 1.82) is 0 Å². The van der Waals surface area contributed by atoms with Crippen molar-refractivity contribution in [2.24, 2.45) is 0 Å². The SMILES string of the molecule is CNc1ccc(S(=O)(=O)NCC(=O)OCc2ccc(F)cc2)cc1[N+](=O)[O-]. The Morgan fingerprint density at radius 1 is 1.22 bits per heavy atom. The summed E-state index contributed by atoms with van der Waals surface area (Å²) in [6.07, 6.45) is 0. The summed E-state index contributed by atoms with van der Waals surface area (Å²) in [6, 6.07) is 8.56. The second-order valence-electron chi connectivity index (χ2n) is 5.30. The maximum atomic E-state index is 12.8. The number of hydrogen-bond acceptors (Lipinski definition) is 7. The van der Waals surface area contributed by atoms with Crippen molar-refractivity contribution in [2.75, 3.05) is 18.9 Å². The zero-order valence-corrected chi connectivity index (χ0v) is 15.0. The number of rotatable bonds is 8. The molecule has 0 heterocycles. The van der Waals surface area contributed by atoms with Gasteiger partial charge in [0.05, 0.1) is 9.82 Å². The zero-order valence-electron chi connectivity index (χ0n) is 14.1. The predicted molar refractivity (Wildman–Crippen MR) is 94.0 cm³/mol. The second-order valence-corrected chi connectivity index (χ2v) is 7.06. The van der Waals surface area contributed by atoms with Crippen molar-refractivity contribution < 1.29 is 27.3 Å². The number of halogens is 1. The number of carbonyl (C=O) groups excluding carboxylic acids is 1. The first-order valence-electron chi connectivity index (χ1n) is 7.59. The number of nitro groups is 1. The van der Waals surface area contributed by atoms with Gasteiger partial charge in [0, 0.05) is 13.1 Å². The average Bonchev–Trinajstić information content (AvgIpc) is 2.65. The Bertz CT molecular complexity index is 947. The molecule has 0 fully saturated rings. The lowest BCUT2D eigenvalue weighted by molar-refractivity contribution is -0.384. The van der Waals surface area contributed by atoms with Crippen LogP contribution in [0.25, 0.3) is 0 Å². The molecule has 2 N–H and O–H groups in total. The summed E-state index contributed by atoms with van der Waals surface area (Å²) in [5.74, 6) is -1.29. The van der Waals surface area contributed by atoms with Gasteiger partial charge < -0.3 is 10.1 Å². The summed E-state index contributed by atoms with van der Waals surface area (Å²) in [6.45, 7) is -0.811. The highest BCUT2D eigenvalue weighted by molar-refractivity contribution is 7.89. The Kier molecular flexibility index (Phi) is 6.42. The number of hydrogen-bond donors (Lipinski definition) is 2. The van der Waals surface area contributed by atoms with E-state index in [2.05, 4.69) is 5.32 Å². The van der Waals surface area contributed by atoms with Gasteiger partial charge in [-0.3, -0.25) is 14.9 Å². The minimum absolute atomic E-state index is 0.150. The molecule has 2 rings (SSSR count). The molecular weight excluding hydrogens is 381 g/mol. The zero-order chi connectivity index (χ0) is 20.0. The maximum absolute atomic E-state index is 12.8. The summed E-state index contributed by atoms with van der Waals surface area (Å²) in [5, 5.41) is 13.6. The summed E-state index contributed by atoms with van der Waals surface area (Å²) in [4.78, 5) is 21.6. The fourth-order valence-corrected chi connectivity index (χ4v) is 3.06. The molecule has 0 aromatic heterocycles. The number of nitrogens with one attached hydrogen (secondary N) is 2. The first-order chi connectivity index (χ1) is 12.7. The van der Waals surface area contributed by atoms with Gasteiger partial charge >= 0.3 is 5.97 Å². The molecule has 0 saturated heterocycles. The van der Waals surface area contributed by atoms with Crippen LogP contribution >= 0.6 is 0 Å². The molecule has 0 aliphatic carbocycles. The number of sulfonamides is 1. The maximum Gasteiger partial charge on any atom is 0.321 e. The molecule has 0 radical (unpaired) electrons. The molecule has 0 aliphatic heterocycles. The van der Waals surface area contributed by atoms with Crippen molar-refractivity contribution in [3.63, 3.8) is 0 Å². The molecule has 2 aromatic carbocycles. The number of nitro benzene ring substituents is 1. The summed E-state index contributed by atoms with van der Waals surface area (Å²) >= 11 is 0. The summed E-state index contributed by atoms with van der Waals surface area (Å²) in [5.41, 5.74) is 0.266. The standard InChI is InChI=1S/C16H16FN3O6S/c1-18-14-7-6-13(8-15(14)20(22)23)27(24,25)19-9-16(21)26-10-11-2-4-12(17)5-3-11/h2-8,18-19H,9-10H2,1H3. The largest absolute Gasteiger partial charge is 0.460 e. The van der Waals surface area contributed by atoms with Gasteiger partial charge in [-0.1, -0.05) is 12.1 Å². The Hall–Kier alpha value is -3.05. The lowest BCUT2D eigenvalue weighted by atomic mass is 10.2. The highest BCUT2D eigenvalue weighted by Gasteiger charge is 2.21. The van der Waals surface area contributed by atoms with Gasteiger partial charge in [0.2, 0.25) is 10.0 Å². The van der Waals surface area contributed by atoms with Crippen molar-refractivity contribution in [3.8, 4) is 0 Å². The predicted octanol–water partition coefficient (Wildman–Crippen LogP) is 1.80. The van der Waals surface area contributed by atoms with E-state index in [0.717, 1.165) is 6.07 Å². The van der Waals surface area contributed by atoms with Crippen LogP contribution in [0.15, 0.2) is 47.4 Å². The Morgan fingerprint density at radius 2 is 1.89 bits per heavy atom. The van der Waals surface area contributed by atoms with Gasteiger partial charge in [-0.25, -0.2) is 12.8 Å². The van der Waals surface area contributed by atoms with Crippen molar-refractivity contribution in [3.05, 3.63) is 64.0 Å². The highest BCUT2D eigenvalue weighted by atomic mass is 32.2. The minimum Gasteiger partial charge on any atom is -0.460 e. The van der Waals surface area contributed by atoms with Crippen LogP contribution in [0.4, 0.5) is 15.8 Å². The monoisotopic (exact) mass is 397 g/mol. The van der Waals surface area contributed by atoms with Gasteiger partial charge in [-0.2, -0.15) is 4.72 Å². The van der Waals surface area contributed by atoms with Crippen molar-refractivity contribution >= 4 is 27.4 Å². The first-order valence-corrected chi connectivity index (χ1v) is 9.07. The number of nitrogens with zero attached hydrogens (tertiary/aromatic N) is 1. The first kappa shape index (κ1) is 20.3. The third kappa shape index (κ3) is 5.46. The molecule has 0 unspecified atom stereocenters. The third-order valence-corrected chi connectivity index (χ3v) is 4.86. The number of esters is 1. The quantitative estimate of drug-likeness (QED) is 0.395. The van der Waals surface area contributed by atoms with Gasteiger partial charge in [-0.05, 0) is 29.8 Å². The summed E-state index contributed by atoms with van der Waals surface area (Å²) in [7, 11) is -2.69. The minimum atomic E-state index is -4.16. The van der Waals surface area contributed by atoms with Crippen LogP contribution in [0, 0.1) is 15.9 Å². The van der Waals surface area contributed by atoms with Crippen LogP contribution in [0.3, 0.4) is 0 Å². The summed E-state index contributed by atoms with van der Waals surface area (Å²) < 4.78 is 44.1. The molecule has 0 atom stereocenters. The van der Waals surface area contributed by atoms with E-state index in [4.69, 9.17) is 4.74 Å². The molecule has 0 bridgehead atoms. The van der Waals surface area contributed by atoms with E-state index in [-0.39, 0.29) is 17.2 Å². The van der Waals surface area contributed by atoms with Gasteiger partial charge in [0.25, 0.3) is 5.69 Å². The molecular formula is C16H16FN3O6S. The number of ether oxygens (including phenoxy) is 1. The van der Waals surface area contributed by atoms with Crippen LogP contribution in [-0.2, 0) is 26.2 Å². The Labute approximate surface area is 154 Å². The smallest absolute Gasteiger partial charge is 0.321 e. The number of benzene rings is 2. The van der Waals surface area contributed by atoms with E-state index in [1.807, 2.05) is 4.72 Å². The molecule has 2 aromatic rings. The lowest BCUT2D eigenvalue weighted by Gasteiger charge is -2.09. The van der Waals surface area contributed by atoms with E-state index in [9.17, 15) is 27.7 Å². The Morgan fingerprint density at radius 3 is 2.48 bits per heavy atom. The van der Waals surface area contributed by atoms with E-state index in [1.54, 1.807) is 0 Å². The molecule has 0 saturated carbocycles. The molecule has 11 heteroatoms. The lowest BCUT2D eigenvalue weighted by Crippen LogP contribution is -2.30. The molecule has 144 valence electrons. The normalized spacial score (nSPS) is 11.0. The van der Waals surface area contributed by atoms with E-state index in [0.29, 0.717) is 5.56 Å². The fraction of sp³-hybridized carbons (Fsp3) is 0.188.